The van der Waals surface area contributed by atoms with Gasteiger partial charge >= 0.3 is 0 Å². The van der Waals surface area contributed by atoms with Crippen molar-refractivity contribution in [3.63, 3.8) is 0 Å². The van der Waals surface area contributed by atoms with Gasteiger partial charge < -0.3 is 10.2 Å². The van der Waals surface area contributed by atoms with E-state index in [-0.39, 0.29) is 12.1 Å². The SMILES string of the molecule is CCN1C(=S)NC(c2ccccn2)C1c1cccn1-c1nc2ccccc2s1. The Bertz CT molecular complexity index is 1100. The number of hydrogen-bond acceptors (Lipinski definition) is 4. The number of likely N-dealkylation sites (N-methyl/N-ethyl adjacent to an activating group) is 1. The number of fused-ring (bicyclic) bond motifs is 1. The third kappa shape index (κ3) is 2.78. The van der Waals surface area contributed by atoms with E-state index in [9.17, 15) is 0 Å². The Morgan fingerprint density at radius 3 is 2.75 bits per heavy atom. The minimum absolute atomic E-state index is 0.00308. The van der Waals surface area contributed by atoms with Crippen molar-refractivity contribution < 1.29 is 0 Å². The van der Waals surface area contributed by atoms with Crippen LogP contribution in [-0.2, 0) is 0 Å². The summed E-state index contributed by atoms with van der Waals surface area (Å²) in [7, 11) is 0. The van der Waals surface area contributed by atoms with Crippen LogP contribution in [0.1, 0.15) is 30.4 Å². The zero-order chi connectivity index (χ0) is 19.1. The third-order valence-electron chi connectivity index (χ3n) is 5.11. The maximum atomic E-state index is 5.64. The molecule has 2 atom stereocenters. The lowest BCUT2D eigenvalue weighted by Gasteiger charge is -2.27. The largest absolute Gasteiger partial charge is 0.352 e. The molecule has 5 rings (SSSR count). The lowest BCUT2D eigenvalue weighted by atomic mass is 10.0. The molecule has 1 saturated heterocycles. The molecule has 0 saturated carbocycles. The summed E-state index contributed by atoms with van der Waals surface area (Å²) in [6, 6.07) is 18.5. The summed E-state index contributed by atoms with van der Waals surface area (Å²) < 4.78 is 3.37. The Balaban J connectivity index is 1.62. The highest BCUT2D eigenvalue weighted by Crippen LogP contribution is 2.40. The molecule has 0 bridgehead atoms. The second kappa shape index (κ2) is 7.00. The standard InChI is InChI=1S/C21H19N5S2/c1-2-25-19(18(24-20(25)27)15-9-5-6-12-22-15)16-10-7-13-26(16)21-23-14-8-3-4-11-17(14)28-21/h3-13,18-19H,2H2,1H3,(H,24,27). The van der Waals surface area contributed by atoms with Crippen LogP contribution in [0.3, 0.4) is 0 Å². The average Bonchev–Trinajstić information content (AvgIpc) is 3.44. The van der Waals surface area contributed by atoms with E-state index in [1.807, 2.05) is 24.4 Å². The molecule has 0 spiro atoms. The molecule has 4 heterocycles. The van der Waals surface area contributed by atoms with Gasteiger partial charge in [-0.15, -0.1) is 0 Å². The molecule has 0 aliphatic carbocycles. The summed E-state index contributed by atoms with van der Waals surface area (Å²) in [6.45, 7) is 2.96. The van der Waals surface area contributed by atoms with Gasteiger partial charge in [-0.2, -0.15) is 0 Å². The van der Waals surface area contributed by atoms with Crippen LogP contribution in [0.15, 0.2) is 67.0 Å². The number of aromatic nitrogens is 3. The van der Waals surface area contributed by atoms with Gasteiger partial charge in [-0.05, 0) is 55.5 Å². The number of thiazole rings is 1. The second-order valence-electron chi connectivity index (χ2n) is 6.68. The average molecular weight is 406 g/mol. The van der Waals surface area contributed by atoms with Gasteiger partial charge in [0.2, 0.25) is 0 Å². The maximum absolute atomic E-state index is 5.64. The number of para-hydroxylation sites is 1. The minimum Gasteiger partial charge on any atom is -0.352 e. The van der Waals surface area contributed by atoms with Gasteiger partial charge in [0.1, 0.15) is 0 Å². The predicted octanol–water partition coefficient (Wildman–Crippen LogP) is 4.47. The zero-order valence-electron chi connectivity index (χ0n) is 15.3. The molecule has 0 radical (unpaired) electrons. The molecule has 0 amide bonds. The Morgan fingerprint density at radius 2 is 1.96 bits per heavy atom. The van der Waals surface area contributed by atoms with Gasteiger partial charge in [-0.25, -0.2) is 4.98 Å². The fourth-order valence-electron chi connectivity index (χ4n) is 3.84. The summed E-state index contributed by atoms with van der Waals surface area (Å²) in [5.74, 6) is 0. The molecular formula is C21H19N5S2. The van der Waals surface area contributed by atoms with Crippen molar-refractivity contribution in [1.82, 2.24) is 24.8 Å². The van der Waals surface area contributed by atoms with Crippen molar-refractivity contribution in [3.8, 4) is 5.13 Å². The van der Waals surface area contributed by atoms with Crippen LogP contribution >= 0.6 is 23.6 Å². The number of hydrogen-bond donors (Lipinski definition) is 1. The molecule has 7 heteroatoms. The highest BCUT2D eigenvalue weighted by atomic mass is 32.1. The van der Waals surface area contributed by atoms with E-state index in [2.05, 4.69) is 69.3 Å². The van der Waals surface area contributed by atoms with Crippen LogP contribution in [0.25, 0.3) is 15.3 Å². The number of nitrogens with one attached hydrogen (secondary N) is 1. The Labute approximate surface area is 172 Å². The van der Waals surface area contributed by atoms with Gasteiger partial charge in [0.15, 0.2) is 10.2 Å². The highest BCUT2D eigenvalue weighted by molar-refractivity contribution is 7.80. The van der Waals surface area contributed by atoms with E-state index in [0.29, 0.717) is 0 Å². The maximum Gasteiger partial charge on any atom is 0.194 e. The van der Waals surface area contributed by atoms with Gasteiger partial charge in [-0.3, -0.25) is 9.55 Å². The van der Waals surface area contributed by atoms with E-state index in [1.54, 1.807) is 11.3 Å². The quantitative estimate of drug-likeness (QED) is 0.508. The van der Waals surface area contributed by atoms with Gasteiger partial charge in [0.25, 0.3) is 0 Å². The summed E-state index contributed by atoms with van der Waals surface area (Å²) in [5.41, 5.74) is 3.17. The van der Waals surface area contributed by atoms with Crippen molar-refractivity contribution in [2.45, 2.75) is 19.0 Å². The monoisotopic (exact) mass is 405 g/mol. The van der Waals surface area contributed by atoms with Crippen LogP contribution in [0, 0.1) is 0 Å². The first kappa shape index (κ1) is 17.3. The van der Waals surface area contributed by atoms with Crippen molar-refractivity contribution in [3.05, 3.63) is 78.4 Å². The van der Waals surface area contributed by atoms with E-state index in [1.165, 1.54) is 4.70 Å². The summed E-state index contributed by atoms with van der Waals surface area (Å²) in [4.78, 5) is 11.7. The number of benzene rings is 1. The molecule has 1 aliphatic heterocycles. The number of nitrogens with zero attached hydrogens (tertiary/aromatic N) is 4. The fourth-order valence-corrected chi connectivity index (χ4v) is 5.18. The molecule has 3 aromatic heterocycles. The molecule has 5 nitrogen and oxygen atoms in total. The van der Waals surface area contributed by atoms with Crippen molar-refractivity contribution in [1.29, 1.82) is 0 Å². The molecular weight excluding hydrogens is 386 g/mol. The molecule has 1 aromatic carbocycles. The van der Waals surface area contributed by atoms with E-state index in [0.717, 1.165) is 33.7 Å². The first-order chi connectivity index (χ1) is 13.8. The van der Waals surface area contributed by atoms with Crippen LogP contribution in [0.2, 0.25) is 0 Å². The zero-order valence-corrected chi connectivity index (χ0v) is 17.0. The van der Waals surface area contributed by atoms with E-state index in [4.69, 9.17) is 17.2 Å². The fraction of sp³-hybridized carbons (Fsp3) is 0.190. The molecule has 28 heavy (non-hydrogen) atoms. The lowest BCUT2D eigenvalue weighted by molar-refractivity contribution is 0.321. The molecule has 140 valence electrons. The van der Waals surface area contributed by atoms with E-state index >= 15 is 0 Å². The Morgan fingerprint density at radius 1 is 1.11 bits per heavy atom. The van der Waals surface area contributed by atoms with Gasteiger partial charge in [0.05, 0.1) is 33.7 Å². The summed E-state index contributed by atoms with van der Waals surface area (Å²) >= 11 is 7.34. The van der Waals surface area contributed by atoms with Crippen molar-refractivity contribution in [2.24, 2.45) is 0 Å². The van der Waals surface area contributed by atoms with Gasteiger partial charge in [-0.1, -0.05) is 29.5 Å². The number of pyridine rings is 1. The lowest BCUT2D eigenvalue weighted by Crippen LogP contribution is -2.30. The van der Waals surface area contributed by atoms with Crippen molar-refractivity contribution >= 4 is 38.9 Å². The van der Waals surface area contributed by atoms with Crippen LogP contribution in [-0.4, -0.2) is 31.1 Å². The molecule has 1 fully saturated rings. The third-order valence-corrected chi connectivity index (χ3v) is 6.50. The molecule has 2 unspecified atom stereocenters. The number of thiocarbonyl (C=S) groups is 1. The normalized spacial score (nSPS) is 19.3. The Kier molecular flexibility index (Phi) is 4.33. The topological polar surface area (TPSA) is 46.0 Å². The van der Waals surface area contributed by atoms with Crippen LogP contribution in [0.4, 0.5) is 0 Å². The summed E-state index contributed by atoms with van der Waals surface area (Å²) in [6.07, 6.45) is 3.91. The van der Waals surface area contributed by atoms with E-state index < -0.39 is 0 Å². The minimum atomic E-state index is -0.00308. The van der Waals surface area contributed by atoms with Crippen molar-refractivity contribution in [2.75, 3.05) is 6.54 Å². The molecule has 1 N–H and O–H groups in total. The van der Waals surface area contributed by atoms with Gasteiger partial charge in [0, 0.05) is 18.9 Å². The molecule has 4 aromatic rings. The highest BCUT2D eigenvalue weighted by Gasteiger charge is 2.40. The summed E-state index contributed by atoms with van der Waals surface area (Å²) in [5, 5.41) is 5.21. The number of rotatable bonds is 4. The first-order valence-electron chi connectivity index (χ1n) is 9.27. The smallest absolute Gasteiger partial charge is 0.194 e. The van der Waals surface area contributed by atoms with Crippen LogP contribution in [0.5, 0.6) is 0 Å². The van der Waals surface area contributed by atoms with Crippen LogP contribution < -0.4 is 5.32 Å². The predicted molar refractivity (Wildman–Crippen MR) is 117 cm³/mol. The molecule has 1 aliphatic rings. The first-order valence-corrected chi connectivity index (χ1v) is 10.5. The second-order valence-corrected chi connectivity index (χ2v) is 8.08. The Hall–Kier alpha value is -2.77.